The molecule has 3 heterocycles. The number of hydrogen-bond acceptors (Lipinski definition) is 6. The molecule has 0 spiro atoms. The molecule has 0 bridgehead atoms. The van der Waals surface area contributed by atoms with Gasteiger partial charge in [-0.1, -0.05) is 0 Å². The highest BCUT2D eigenvalue weighted by Crippen LogP contribution is 2.38. The molecule has 0 unspecified atom stereocenters. The van der Waals surface area contributed by atoms with Gasteiger partial charge in [-0.2, -0.15) is 0 Å². The average Bonchev–Trinajstić information content (AvgIpc) is 3.17. The Morgan fingerprint density at radius 2 is 2.08 bits per heavy atom. The van der Waals surface area contributed by atoms with Crippen molar-refractivity contribution < 1.29 is 24.2 Å². The fraction of sp³-hybridized carbons (Fsp3) is 0.294. The summed E-state index contributed by atoms with van der Waals surface area (Å²) < 4.78 is 10.5. The lowest BCUT2D eigenvalue weighted by molar-refractivity contribution is 0.0696. The molecule has 0 radical (unpaired) electrons. The fourth-order valence-electron chi connectivity index (χ4n) is 3.06. The molecule has 4 rings (SSSR count). The van der Waals surface area contributed by atoms with Gasteiger partial charge in [0, 0.05) is 23.5 Å². The minimum atomic E-state index is -1.01. The Hall–Kier alpha value is -2.58. The van der Waals surface area contributed by atoms with E-state index in [-0.39, 0.29) is 18.3 Å². The van der Waals surface area contributed by atoms with E-state index in [1.54, 1.807) is 18.2 Å². The topological polar surface area (TPSA) is 88.1 Å². The Balaban J connectivity index is 1.64. The number of rotatable bonds is 3. The standard InChI is InChI=1S/C17H16N2O5S/c1-19-5-4-10-13(7-19)25-16(14(10)17(21)22)18-15(20)9-2-3-11-12(6-9)24-8-23-11/h2-3,6H,4-5,7-8H2,1H3,(H,18,20)(H,21,22). The first-order valence-electron chi connectivity index (χ1n) is 7.80. The fourth-order valence-corrected chi connectivity index (χ4v) is 4.37. The van der Waals surface area contributed by atoms with Crippen LogP contribution in [0, 0.1) is 0 Å². The molecule has 2 aromatic rings. The molecule has 130 valence electrons. The van der Waals surface area contributed by atoms with Crippen molar-refractivity contribution in [2.75, 3.05) is 25.7 Å². The van der Waals surface area contributed by atoms with Crippen LogP contribution in [0.4, 0.5) is 5.00 Å². The number of benzene rings is 1. The number of carbonyl (C=O) groups is 2. The molecule has 8 heteroatoms. The molecule has 25 heavy (non-hydrogen) atoms. The molecule has 1 aromatic heterocycles. The van der Waals surface area contributed by atoms with Gasteiger partial charge in [0.1, 0.15) is 5.00 Å². The monoisotopic (exact) mass is 360 g/mol. The summed E-state index contributed by atoms with van der Waals surface area (Å²) in [5.74, 6) is -0.272. The number of fused-ring (bicyclic) bond motifs is 2. The number of amides is 1. The Morgan fingerprint density at radius 1 is 1.28 bits per heavy atom. The van der Waals surface area contributed by atoms with E-state index < -0.39 is 5.97 Å². The van der Waals surface area contributed by atoms with Gasteiger partial charge in [0.15, 0.2) is 11.5 Å². The number of ether oxygens (including phenoxy) is 2. The van der Waals surface area contributed by atoms with Crippen LogP contribution in [0.2, 0.25) is 0 Å². The average molecular weight is 360 g/mol. The molecule has 0 atom stereocenters. The van der Waals surface area contributed by atoms with Gasteiger partial charge in [-0.25, -0.2) is 4.79 Å². The zero-order valence-corrected chi connectivity index (χ0v) is 14.3. The molecule has 2 aliphatic heterocycles. The smallest absolute Gasteiger partial charge is 0.339 e. The summed E-state index contributed by atoms with van der Waals surface area (Å²) in [6, 6.07) is 4.90. The van der Waals surface area contributed by atoms with E-state index in [9.17, 15) is 14.7 Å². The third-order valence-electron chi connectivity index (χ3n) is 4.32. The second-order valence-corrected chi connectivity index (χ2v) is 7.13. The first-order chi connectivity index (χ1) is 12.0. The Kier molecular flexibility index (Phi) is 3.85. The Labute approximate surface area is 147 Å². The number of carboxylic acids is 1. The van der Waals surface area contributed by atoms with Gasteiger partial charge in [-0.3, -0.25) is 4.79 Å². The molecule has 1 amide bonds. The van der Waals surface area contributed by atoms with E-state index in [1.165, 1.54) is 11.3 Å². The summed E-state index contributed by atoms with van der Waals surface area (Å²) in [6.07, 6.45) is 0.670. The Morgan fingerprint density at radius 3 is 2.88 bits per heavy atom. The van der Waals surface area contributed by atoms with Crippen LogP contribution >= 0.6 is 11.3 Å². The number of nitrogens with one attached hydrogen (secondary N) is 1. The molecule has 2 N–H and O–H groups in total. The maximum Gasteiger partial charge on any atom is 0.339 e. The van der Waals surface area contributed by atoms with E-state index in [2.05, 4.69) is 10.2 Å². The summed E-state index contributed by atoms with van der Waals surface area (Å²) in [6.45, 7) is 1.63. The van der Waals surface area contributed by atoms with Gasteiger partial charge in [0.2, 0.25) is 6.79 Å². The largest absolute Gasteiger partial charge is 0.478 e. The maximum atomic E-state index is 12.6. The van der Waals surface area contributed by atoms with Gasteiger partial charge >= 0.3 is 5.97 Å². The maximum absolute atomic E-state index is 12.6. The second kappa shape index (κ2) is 6.05. The van der Waals surface area contributed by atoms with Crippen LogP contribution in [-0.4, -0.2) is 42.3 Å². The van der Waals surface area contributed by atoms with E-state index in [0.29, 0.717) is 35.0 Å². The SMILES string of the molecule is CN1CCc2c(sc(NC(=O)c3ccc4c(c3)OCO4)c2C(=O)O)C1. The minimum Gasteiger partial charge on any atom is -0.478 e. The van der Waals surface area contributed by atoms with Crippen LogP contribution in [0.3, 0.4) is 0 Å². The van der Waals surface area contributed by atoms with Gasteiger partial charge in [0.25, 0.3) is 5.91 Å². The van der Waals surface area contributed by atoms with Crippen molar-refractivity contribution >= 4 is 28.2 Å². The highest BCUT2D eigenvalue weighted by molar-refractivity contribution is 7.17. The van der Waals surface area contributed by atoms with Crippen molar-refractivity contribution in [2.45, 2.75) is 13.0 Å². The number of likely N-dealkylation sites (N-methyl/N-ethyl adjacent to an activating group) is 1. The third-order valence-corrected chi connectivity index (χ3v) is 5.46. The number of aromatic carboxylic acids is 1. The normalized spacial score (nSPS) is 15.7. The van der Waals surface area contributed by atoms with Crippen molar-refractivity contribution in [3.05, 3.63) is 39.8 Å². The summed E-state index contributed by atoms with van der Waals surface area (Å²) in [4.78, 5) is 27.4. The number of thiophene rings is 1. The van der Waals surface area contributed by atoms with E-state index in [4.69, 9.17) is 9.47 Å². The first-order valence-corrected chi connectivity index (χ1v) is 8.62. The van der Waals surface area contributed by atoms with Crippen molar-refractivity contribution in [3.8, 4) is 11.5 Å². The first kappa shape index (κ1) is 15.9. The number of nitrogens with zero attached hydrogens (tertiary/aromatic N) is 1. The van der Waals surface area contributed by atoms with E-state index in [0.717, 1.165) is 17.0 Å². The quantitative estimate of drug-likeness (QED) is 0.874. The zero-order valence-electron chi connectivity index (χ0n) is 13.5. The minimum absolute atomic E-state index is 0.134. The van der Waals surface area contributed by atoms with Crippen LogP contribution < -0.4 is 14.8 Å². The summed E-state index contributed by atoms with van der Waals surface area (Å²) >= 11 is 1.33. The second-order valence-electron chi connectivity index (χ2n) is 6.02. The molecular weight excluding hydrogens is 344 g/mol. The number of hydrogen-bond donors (Lipinski definition) is 2. The van der Waals surface area contributed by atoms with Crippen LogP contribution in [0.5, 0.6) is 11.5 Å². The predicted molar refractivity (Wildman–Crippen MR) is 91.8 cm³/mol. The molecular formula is C17H16N2O5S. The highest BCUT2D eigenvalue weighted by atomic mass is 32.1. The third kappa shape index (κ3) is 2.83. The van der Waals surface area contributed by atoms with Crippen LogP contribution in [-0.2, 0) is 13.0 Å². The molecule has 0 aliphatic carbocycles. The lowest BCUT2D eigenvalue weighted by Gasteiger charge is -2.22. The van der Waals surface area contributed by atoms with Gasteiger partial charge in [-0.15, -0.1) is 11.3 Å². The number of carboxylic acid groups (broad SMARTS) is 1. The summed E-state index contributed by atoms with van der Waals surface area (Å²) in [7, 11) is 1.99. The van der Waals surface area contributed by atoms with Gasteiger partial charge in [0.05, 0.1) is 5.56 Å². The number of carbonyl (C=O) groups excluding carboxylic acids is 1. The van der Waals surface area contributed by atoms with Crippen LogP contribution in [0.1, 0.15) is 31.2 Å². The lowest BCUT2D eigenvalue weighted by Crippen LogP contribution is -2.26. The van der Waals surface area contributed by atoms with Crippen molar-refractivity contribution in [1.82, 2.24) is 4.90 Å². The van der Waals surface area contributed by atoms with Crippen molar-refractivity contribution in [3.63, 3.8) is 0 Å². The van der Waals surface area contributed by atoms with Crippen LogP contribution in [0.15, 0.2) is 18.2 Å². The summed E-state index contributed by atoms with van der Waals surface area (Å²) in [5.41, 5.74) is 1.43. The van der Waals surface area contributed by atoms with Crippen molar-refractivity contribution in [2.24, 2.45) is 0 Å². The Bertz CT molecular complexity index is 876. The summed E-state index contributed by atoms with van der Waals surface area (Å²) in [5, 5.41) is 12.7. The van der Waals surface area contributed by atoms with E-state index >= 15 is 0 Å². The molecule has 7 nitrogen and oxygen atoms in total. The van der Waals surface area contributed by atoms with Gasteiger partial charge in [-0.05, 0) is 37.2 Å². The number of anilines is 1. The predicted octanol–water partition coefficient (Wildman–Crippen LogP) is 2.42. The van der Waals surface area contributed by atoms with Gasteiger partial charge < -0.3 is 24.8 Å². The molecule has 0 fully saturated rings. The molecule has 0 saturated heterocycles. The zero-order chi connectivity index (χ0) is 17.6. The molecule has 1 aromatic carbocycles. The highest BCUT2D eigenvalue weighted by Gasteiger charge is 2.28. The molecule has 2 aliphatic rings. The molecule has 0 saturated carbocycles. The lowest BCUT2D eigenvalue weighted by atomic mass is 10.0. The van der Waals surface area contributed by atoms with E-state index in [1.807, 2.05) is 7.05 Å². The van der Waals surface area contributed by atoms with Crippen molar-refractivity contribution in [1.29, 1.82) is 0 Å². The van der Waals surface area contributed by atoms with Crippen LogP contribution in [0.25, 0.3) is 0 Å².